The predicted molar refractivity (Wildman–Crippen MR) is 97.9 cm³/mol. The van der Waals surface area contributed by atoms with E-state index in [0.717, 1.165) is 22.3 Å². The average Bonchev–Trinajstić information content (AvgIpc) is 2.94. The van der Waals surface area contributed by atoms with Crippen LogP contribution >= 0.6 is 0 Å². The molecule has 2 heterocycles. The molecule has 0 aliphatic carbocycles. The highest BCUT2D eigenvalue weighted by Gasteiger charge is 2.18. The Morgan fingerprint density at radius 3 is 2.60 bits per heavy atom. The molecule has 0 saturated heterocycles. The minimum Gasteiger partial charge on any atom is -0.309 e. The van der Waals surface area contributed by atoms with Gasteiger partial charge in [-0.05, 0) is 63.1 Å². The molecule has 2 aromatic heterocycles. The summed E-state index contributed by atoms with van der Waals surface area (Å²) in [6.45, 7) is 8.02. The Kier molecular flexibility index (Phi) is 4.62. The molecule has 0 unspecified atom stereocenters. The normalized spacial score (nSPS) is 12.2. The maximum atomic E-state index is 12.6. The molecule has 6 nitrogen and oxygen atoms in total. The third kappa shape index (κ3) is 3.43. The first-order valence-electron chi connectivity index (χ1n) is 8.18. The summed E-state index contributed by atoms with van der Waals surface area (Å²) < 4.78 is 29.8. The van der Waals surface area contributed by atoms with Gasteiger partial charge in [0.25, 0.3) is 0 Å². The van der Waals surface area contributed by atoms with Crippen molar-refractivity contribution in [3.8, 4) is 0 Å². The minimum atomic E-state index is -3.60. The number of pyridine rings is 1. The van der Waals surface area contributed by atoms with E-state index >= 15 is 0 Å². The van der Waals surface area contributed by atoms with Crippen LogP contribution in [0.4, 0.5) is 0 Å². The van der Waals surface area contributed by atoms with Crippen molar-refractivity contribution in [2.24, 2.45) is 0 Å². The van der Waals surface area contributed by atoms with E-state index in [1.54, 1.807) is 18.3 Å². The maximum Gasteiger partial charge on any atom is 0.240 e. The van der Waals surface area contributed by atoms with Gasteiger partial charge >= 0.3 is 0 Å². The Balaban J connectivity index is 1.91. The molecular weight excluding hydrogens is 336 g/mol. The van der Waals surface area contributed by atoms with Gasteiger partial charge in [-0.2, -0.15) is 0 Å². The molecule has 1 N–H and O–H groups in total. The van der Waals surface area contributed by atoms with Crippen LogP contribution in [0, 0.1) is 13.8 Å². The highest BCUT2D eigenvalue weighted by Crippen LogP contribution is 2.20. The average molecular weight is 358 g/mol. The number of fused-ring (bicyclic) bond motifs is 1. The van der Waals surface area contributed by atoms with Gasteiger partial charge in [0.05, 0.1) is 11.4 Å². The van der Waals surface area contributed by atoms with Crippen molar-refractivity contribution in [1.29, 1.82) is 0 Å². The quantitative estimate of drug-likeness (QED) is 0.760. The molecule has 0 aliphatic rings. The summed E-state index contributed by atoms with van der Waals surface area (Å²) in [5.74, 6) is 0.649. The van der Waals surface area contributed by atoms with Crippen LogP contribution in [-0.4, -0.2) is 23.0 Å². The van der Waals surface area contributed by atoms with Crippen LogP contribution in [-0.2, 0) is 16.6 Å². The Bertz CT molecular complexity index is 1020. The van der Waals surface area contributed by atoms with E-state index in [0.29, 0.717) is 5.82 Å². The first-order valence-corrected chi connectivity index (χ1v) is 9.66. The Hall–Kier alpha value is -2.25. The van der Waals surface area contributed by atoms with Crippen LogP contribution in [0.25, 0.3) is 11.2 Å². The summed E-state index contributed by atoms with van der Waals surface area (Å²) in [5.41, 5.74) is 3.53. The summed E-state index contributed by atoms with van der Waals surface area (Å²) in [7, 11) is -3.60. The van der Waals surface area contributed by atoms with E-state index in [1.807, 2.05) is 50.5 Å². The predicted octanol–water partition coefficient (Wildman–Crippen LogP) is 3.11. The van der Waals surface area contributed by atoms with Gasteiger partial charge in [-0.1, -0.05) is 6.07 Å². The molecule has 132 valence electrons. The Labute approximate surface area is 148 Å². The number of benzene rings is 1. The molecule has 3 rings (SSSR count). The molecular formula is C18H22N4O2S. The molecule has 25 heavy (non-hydrogen) atoms. The van der Waals surface area contributed by atoms with Crippen molar-refractivity contribution in [1.82, 2.24) is 19.3 Å². The standard InChI is InChI=1S/C18H22N4O2S/c1-12(2)22-17(21-16-6-5-9-19-18(16)22)11-20-25(23,24)15-8-7-13(3)14(4)10-15/h5-10,12,20H,11H2,1-4H3. The number of imidazole rings is 1. The van der Waals surface area contributed by atoms with Gasteiger partial charge in [0.15, 0.2) is 5.65 Å². The fourth-order valence-electron chi connectivity index (χ4n) is 2.77. The highest BCUT2D eigenvalue weighted by atomic mass is 32.2. The van der Waals surface area contributed by atoms with Crippen molar-refractivity contribution in [2.75, 3.05) is 0 Å². The number of nitrogens with zero attached hydrogens (tertiary/aromatic N) is 3. The summed E-state index contributed by atoms with van der Waals surface area (Å²) in [4.78, 5) is 9.17. The van der Waals surface area contributed by atoms with Gasteiger partial charge < -0.3 is 4.57 Å². The molecule has 0 amide bonds. The third-order valence-electron chi connectivity index (χ3n) is 4.25. The van der Waals surface area contributed by atoms with E-state index in [9.17, 15) is 8.42 Å². The molecule has 0 saturated carbocycles. The number of hydrogen-bond donors (Lipinski definition) is 1. The molecule has 1 aromatic carbocycles. The second-order valence-corrected chi connectivity index (χ2v) is 8.18. The van der Waals surface area contributed by atoms with Crippen molar-refractivity contribution in [3.63, 3.8) is 0 Å². The van der Waals surface area contributed by atoms with Gasteiger partial charge in [0.2, 0.25) is 10.0 Å². The number of rotatable bonds is 5. The third-order valence-corrected chi connectivity index (χ3v) is 5.65. The lowest BCUT2D eigenvalue weighted by Crippen LogP contribution is -2.25. The van der Waals surface area contributed by atoms with E-state index in [-0.39, 0.29) is 17.5 Å². The lowest BCUT2D eigenvalue weighted by atomic mass is 10.1. The second kappa shape index (κ2) is 6.57. The van der Waals surface area contributed by atoms with E-state index in [2.05, 4.69) is 14.7 Å². The first kappa shape index (κ1) is 17.6. The van der Waals surface area contributed by atoms with Gasteiger partial charge in [-0.25, -0.2) is 23.1 Å². The lowest BCUT2D eigenvalue weighted by Gasteiger charge is -2.13. The number of nitrogens with one attached hydrogen (secondary N) is 1. The van der Waals surface area contributed by atoms with Gasteiger partial charge in [0.1, 0.15) is 11.3 Å². The summed E-state index contributed by atoms with van der Waals surface area (Å²) >= 11 is 0. The number of aryl methyl sites for hydroxylation is 2. The van der Waals surface area contributed by atoms with Crippen LogP contribution in [0.3, 0.4) is 0 Å². The van der Waals surface area contributed by atoms with Gasteiger partial charge in [-0.3, -0.25) is 0 Å². The van der Waals surface area contributed by atoms with Crippen LogP contribution in [0.2, 0.25) is 0 Å². The molecule has 0 spiro atoms. The Morgan fingerprint density at radius 1 is 1.16 bits per heavy atom. The fourth-order valence-corrected chi connectivity index (χ4v) is 3.83. The zero-order valence-corrected chi connectivity index (χ0v) is 15.6. The minimum absolute atomic E-state index is 0.115. The van der Waals surface area contributed by atoms with E-state index < -0.39 is 10.0 Å². The second-order valence-electron chi connectivity index (χ2n) is 6.41. The maximum absolute atomic E-state index is 12.6. The molecule has 0 fully saturated rings. The summed E-state index contributed by atoms with van der Waals surface area (Å²) in [5, 5.41) is 0. The van der Waals surface area contributed by atoms with Crippen LogP contribution < -0.4 is 4.72 Å². The van der Waals surface area contributed by atoms with Crippen LogP contribution in [0.15, 0.2) is 41.4 Å². The van der Waals surface area contributed by atoms with Crippen LogP contribution in [0.5, 0.6) is 0 Å². The van der Waals surface area contributed by atoms with Crippen LogP contribution in [0.1, 0.15) is 36.8 Å². The molecule has 3 aromatic rings. The number of hydrogen-bond acceptors (Lipinski definition) is 4. The van der Waals surface area contributed by atoms with Crippen molar-refractivity contribution in [2.45, 2.75) is 45.2 Å². The smallest absolute Gasteiger partial charge is 0.240 e. The van der Waals surface area contributed by atoms with Gasteiger partial charge in [0, 0.05) is 12.2 Å². The monoisotopic (exact) mass is 358 g/mol. The van der Waals surface area contributed by atoms with Gasteiger partial charge in [-0.15, -0.1) is 0 Å². The van der Waals surface area contributed by atoms with Crippen molar-refractivity contribution in [3.05, 3.63) is 53.5 Å². The number of aromatic nitrogens is 3. The molecule has 7 heteroatoms. The van der Waals surface area contributed by atoms with Crippen molar-refractivity contribution >= 4 is 21.2 Å². The molecule has 0 radical (unpaired) electrons. The fraction of sp³-hybridized carbons (Fsp3) is 0.333. The SMILES string of the molecule is Cc1ccc(S(=O)(=O)NCc2nc3cccnc3n2C(C)C)cc1C. The first-order chi connectivity index (χ1) is 11.8. The zero-order chi connectivity index (χ0) is 18.2. The van der Waals surface area contributed by atoms with E-state index in [1.165, 1.54) is 0 Å². The highest BCUT2D eigenvalue weighted by molar-refractivity contribution is 7.89. The largest absolute Gasteiger partial charge is 0.309 e. The van der Waals surface area contributed by atoms with Crippen molar-refractivity contribution < 1.29 is 8.42 Å². The lowest BCUT2D eigenvalue weighted by molar-refractivity contribution is 0.556. The van der Waals surface area contributed by atoms with E-state index in [4.69, 9.17) is 0 Å². The number of sulfonamides is 1. The summed E-state index contributed by atoms with van der Waals surface area (Å²) in [6.07, 6.45) is 1.71. The Morgan fingerprint density at radius 2 is 1.92 bits per heavy atom. The molecule has 0 bridgehead atoms. The topological polar surface area (TPSA) is 76.9 Å². The molecule has 0 atom stereocenters. The zero-order valence-electron chi connectivity index (χ0n) is 14.8. The molecule has 0 aliphatic heterocycles. The summed E-state index contributed by atoms with van der Waals surface area (Å²) in [6, 6.07) is 8.95.